The fraction of sp³-hybridized carbons (Fsp3) is 0.875. The van der Waals surface area contributed by atoms with Crippen molar-refractivity contribution in [2.45, 2.75) is 31.3 Å². The van der Waals surface area contributed by atoms with E-state index in [2.05, 4.69) is 0 Å². The zero-order valence-corrected chi connectivity index (χ0v) is 6.01. The summed E-state index contributed by atoms with van der Waals surface area (Å²) in [5.74, 6) is 0.209. The van der Waals surface area contributed by atoms with Crippen LogP contribution in [0.25, 0.3) is 0 Å². The zero-order chi connectivity index (χ0) is 7.03. The Hall–Kier alpha value is -0.370. The van der Waals surface area contributed by atoms with Crippen LogP contribution in [-0.4, -0.2) is 18.5 Å². The van der Waals surface area contributed by atoms with E-state index in [-0.39, 0.29) is 11.5 Å². The van der Waals surface area contributed by atoms with E-state index in [0.717, 1.165) is 32.2 Å². The monoisotopic (exact) mass is 140 g/mol. The quantitative estimate of drug-likeness (QED) is 0.510. The first-order valence-corrected chi connectivity index (χ1v) is 3.97. The molecule has 1 aliphatic carbocycles. The molecule has 0 aromatic rings. The van der Waals surface area contributed by atoms with Crippen LogP contribution in [0, 0.1) is 5.92 Å². The highest BCUT2D eigenvalue weighted by molar-refractivity contribution is 5.56. The fourth-order valence-electron chi connectivity index (χ4n) is 1.99. The summed E-state index contributed by atoms with van der Waals surface area (Å²) in [4.78, 5) is 10.5. The molecule has 1 atom stereocenters. The van der Waals surface area contributed by atoms with Gasteiger partial charge in [-0.1, -0.05) is 0 Å². The van der Waals surface area contributed by atoms with Gasteiger partial charge in [-0.3, -0.25) is 0 Å². The Morgan fingerprint density at radius 1 is 1.50 bits per heavy atom. The van der Waals surface area contributed by atoms with Gasteiger partial charge < -0.3 is 9.53 Å². The fourth-order valence-corrected chi connectivity index (χ4v) is 1.99. The van der Waals surface area contributed by atoms with E-state index in [4.69, 9.17) is 4.74 Å². The second-order valence-corrected chi connectivity index (χ2v) is 3.30. The molecule has 0 N–H and O–H groups in total. The Morgan fingerprint density at radius 3 is 2.70 bits per heavy atom. The normalized spacial score (nSPS) is 35.8. The zero-order valence-electron chi connectivity index (χ0n) is 6.01. The van der Waals surface area contributed by atoms with Crippen molar-refractivity contribution in [3.8, 4) is 0 Å². The lowest BCUT2D eigenvalue weighted by Crippen LogP contribution is -2.42. The molecule has 2 fully saturated rings. The first-order valence-electron chi connectivity index (χ1n) is 3.97. The van der Waals surface area contributed by atoms with E-state index >= 15 is 0 Å². The topological polar surface area (TPSA) is 26.3 Å². The third kappa shape index (κ3) is 0.655. The summed E-state index contributed by atoms with van der Waals surface area (Å²) in [7, 11) is 0. The molecule has 10 heavy (non-hydrogen) atoms. The molecule has 1 aliphatic heterocycles. The van der Waals surface area contributed by atoms with E-state index in [9.17, 15) is 4.79 Å². The van der Waals surface area contributed by atoms with Crippen molar-refractivity contribution >= 4 is 6.29 Å². The number of carbonyl (C=O) groups excluding carboxylic acids is 1. The lowest BCUT2D eigenvalue weighted by molar-refractivity contribution is -0.124. The molecule has 1 saturated carbocycles. The van der Waals surface area contributed by atoms with Gasteiger partial charge in [0.1, 0.15) is 6.29 Å². The van der Waals surface area contributed by atoms with Crippen LogP contribution in [0.15, 0.2) is 0 Å². The second kappa shape index (κ2) is 2.06. The Balaban J connectivity index is 2.11. The Labute approximate surface area is 60.6 Å². The summed E-state index contributed by atoms with van der Waals surface area (Å²) in [5.41, 5.74) is 0.0156. The molecule has 2 rings (SSSR count). The molecule has 0 aromatic heterocycles. The van der Waals surface area contributed by atoms with Gasteiger partial charge in [0.05, 0.1) is 5.60 Å². The van der Waals surface area contributed by atoms with Gasteiger partial charge in [-0.05, 0) is 25.7 Å². The number of carbonyl (C=O) groups is 1. The Kier molecular flexibility index (Phi) is 1.31. The van der Waals surface area contributed by atoms with Crippen LogP contribution in [0.4, 0.5) is 0 Å². The maximum Gasteiger partial charge on any atom is 0.126 e. The van der Waals surface area contributed by atoms with E-state index in [1.807, 2.05) is 0 Å². The molecule has 1 saturated heterocycles. The lowest BCUT2D eigenvalue weighted by Gasteiger charge is -2.40. The molecule has 2 aliphatic rings. The Bertz CT molecular complexity index is 149. The Morgan fingerprint density at radius 2 is 2.30 bits per heavy atom. The number of ether oxygens (including phenoxy) is 1. The van der Waals surface area contributed by atoms with Crippen LogP contribution in [0.5, 0.6) is 0 Å². The summed E-state index contributed by atoms with van der Waals surface area (Å²) >= 11 is 0. The van der Waals surface area contributed by atoms with Crippen molar-refractivity contribution in [3.63, 3.8) is 0 Å². The van der Waals surface area contributed by atoms with Crippen molar-refractivity contribution in [2.24, 2.45) is 5.92 Å². The second-order valence-electron chi connectivity index (χ2n) is 3.30. The molecular formula is C8H12O2. The van der Waals surface area contributed by atoms with Crippen molar-refractivity contribution < 1.29 is 9.53 Å². The number of hydrogen-bond donors (Lipinski definition) is 0. The molecule has 1 heterocycles. The largest absolute Gasteiger partial charge is 0.374 e. The summed E-state index contributed by atoms with van der Waals surface area (Å²) in [5, 5.41) is 0. The predicted molar refractivity (Wildman–Crippen MR) is 36.7 cm³/mol. The number of rotatable bonds is 1. The van der Waals surface area contributed by atoms with Gasteiger partial charge in [-0.2, -0.15) is 0 Å². The van der Waals surface area contributed by atoms with Gasteiger partial charge >= 0.3 is 0 Å². The average molecular weight is 140 g/mol. The molecule has 0 amide bonds. The van der Waals surface area contributed by atoms with Gasteiger partial charge in [0.25, 0.3) is 0 Å². The third-order valence-electron chi connectivity index (χ3n) is 2.86. The van der Waals surface area contributed by atoms with Gasteiger partial charge in [-0.15, -0.1) is 0 Å². The van der Waals surface area contributed by atoms with Gasteiger partial charge in [0, 0.05) is 12.5 Å². The standard InChI is InChI=1S/C8H12O2/c9-6-7-2-5-10-8(7)3-1-4-8/h6-7H,1-5H2. The minimum absolute atomic E-state index is 0.0156. The van der Waals surface area contributed by atoms with Crippen molar-refractivity contribution in [3.05, 3.63) is 0 Å². The maximum atomic E-state index is 10.5. The number of hydrogen-bond acceptors (Lipinski definition) is 2. The van der Waals surface area contributed by atoms with Crippen LogP contribution in [0.3, 0.4) is 0 Å². The van der Waals surface area contributed by atoms with Crippen LogP contribution < -0.4 is 0 Å². The first-order chi connectivity index (χ1) is 4.87. The van der Waals surface area contributed by atoms with Gasteiger partial charge in [0.2, 0.25) is 0 Å². The average Bonchev–Trinajstić information content (AvgIpc) is 2.27. The van der Waals surface area contributed by atoms with Crippen molar-refractivity contribution in [1.29, 1.82) is 0 Å². The van der Waals surface area contributed by atoms with Crippen LogP contribution in [0.2, 0.25) is 0 Å². The molecule has 0 bridgehead atoms. The molecule has 1 spiro atoms. The van der Waals surface area contributed by atoms with E-state index < -0.39 is 0 Å². The molecule has 2 heteroatoms. The van der Waals surface area contributed by atoms with E-state index in [1.54, 1.807) is 0 Å². The highest BCUT2D eigenvalue weighted by Crippen LogP contribution is 2.46. The summed E-state index contributed by atoms with van der Waals surface area (Å²) < 4.78 is 5.55. The molecule has 0 radical (unpaired) electrons. The van der Waals surface area contributed by atoms with Gasteiger partial charge in [-0.25, -0.2) is 0 Å². The predicted octanol–water partition coefficient (Wildman–Crippen LogP) is 1.14. The molecule has 0 aromatic carbocycles. The minimum Gasteiger partial charge on any atom is -0.374 e. The highest BCUT2D eigenvalue weighted by atomic mass is 16.5. The molecule has 1 unspecified atom stereocenters. The molecule has 2 nitrogen and oxygen atoms in total. The van der Waals surface area contributed by atoms with Crippen LogP contribution in [0.1, 0.15) is 25.7 Å². The van der Waals surface area contributed by atoms with E-state index in [1.165, 1.54) is 6.42 Å². The highest BCUT2D eigenvalue weighted by Gasteiger charge is 2.48. The third-order valence-corrected chi connectivity index (χ3v) is 2.86. The smallest absolute Gasteiger partial charge is 0.126 e. The molecular weight excluding hydrogens is 128 g/mol. The SMILES string of the molecule is O=CC1CCOC12CCC2. The van der Waals surface area contributed by atoms with Gasteiger partial charge in [0.15, 0.2) is 0 Å². The van der Waals surface area contributed by atoms with E-state index in [0.29, 0.717) is 0 Å². The van der Waals surface area contributed by atoms with Crippen molar-refractivity contribution in [1.82, 2.24) is 0 Å². The molecule has 56 valence electrons. The number of aldehydes is 1. The summed E-state index contributed by atoms with van der Waals surface area (Å²) in [6.07, 6.45) is 5.48. The van der Waals surface area contributed by atoms with Crippen LogP contribution >= 0.6 is 0 Å². The van der Waals surface area contributed by atoms with Crippen LogP contribution in [-0.2, 0) is 9.53 Å². The first kappa shape index (κ1) is 6.35. The lowest BCUT2D eigenvalue weighted by atomic mass is 9.72. The van der Waals surface area contributed by atoms with Crippen molar-refractivity contribution in [2.75, 3.05) is 6.61 Å². The maximum absolute atomic E-state index is 10.5. The summed E-state index contributed by atoms with van der Waals surface area (Å²) in [6.45, 7) is 0.795. The summed E-state index contributed by atoms with van der Waals surface area (Å²) in [6, 6.07) is 0. The minimum atomic E-state index is 0.0156.